The largest absolute Gasteiger partial charge is 0.494 e. The average Bonchev–Trinajstić information content (AvgIpc) is 3.54. The van der Waals surface area contributed by atoms with Gasteiger partial charge in [-0.2, -0.15) is 4.98 Å². The maximum atomic E-state index is 14.3. The molecule has 5 rings (SSSR count). The highest BCUT2D eigenvalue weighted by Crippen LogP contribution is 2.38. The lowest BCUT2D eigenvalue weighted by Gasteiger charge is -2.37. The van der Waals surface area contributed by atoms with Crippen molar-refractivity contribution < 1.29 is 18.1 Å². The van der Waals surface area contributed by atoms with Crippen LogP contribution in [0.25, 0.3) is 17.0 Å². The van der Waals surface area contributed by atoms with E-state index < -0.39 is 5.82 Å². The molecule has 1 N–H and O–H groups in total. The molecule has 2 aromatic heterocycles. The summed E-state index contributed by atoms with van der Waals surface area (Å²) in [6, 6.07) is 17.8. The van der Waals surface area contributed by atoms with Gasteiger partial charge in [0.05, 0.1) is 31.5 Å². The number of hydrogen-bond donors (Lipinski definition) is 1. The quantitative estimate of drug-likeness (QED) is 0.374. The molecule has 2 aromatic carbocycles. The van der Waals surface area contributed by atoms with Crippen molar-refractivity contribution in [3.63, 3.8) is 0 Å². The Morgan fingerprint density at radius 1 is 1.15 bits per heavy atom. The van der Waals surface area contributed by atoms with Gasteiger partial charge in [-0.1, -0.05) is 35.5 Å². The molecular weight excluding hydrogens is 455 g/mol. The molecule has 0 spiro atoms. The molecule has 3 heterocycles. The van der Waals surface area contributed by atoms with Crippen molar-refractivity contribution in [2.75, 3.05) is 7.11 Å². The Hall–Kier alpha value is -3.98. The first-order chi connectivity index (χ1) is 16.5. The number of rotatable bonds is 6. The number of benzene rings is 2. The summed E-state index contributed by atoms with van der Waals surface area (Å²) in [7, 11) is 1.42. The Kier molecular flexibility index (Phi) is 5.85. The minimum atomic E-state index is -0.502. The SMILES string of the molecule is COc1ccc(-c2noc(C3=C(C)N(Cc4ccco4)C(=S)NC3c3ccccc3)n2)cc1F. The van der Waals surface area contributed by atoms with Crippen LogP contribution in [0.5, 0.6) is 5.75 Å². The second-order valence-electron chi connectivity index (χ2n) is 7.73. The van der Waals surface area contributed by atoms with E-state index in [-0.39, 0.29) is 17.6 Å². The standard InChI is InChI=1S/C25H21FN4O3S/c1-15-21(24-28-23(29-33-24)17-10-11-20(31-2)19(26)13-17)22(16-7-4-3-5-8-16)27-25(34)30(15)14-18-9-6-12-32-18/h3-13,22H,14H2,1-2H3,(H,27,34). The molecule has 0 fully saturated rings. The molecule has 9 heteroatoms. The van der Waals surface area contributed by atoms with Crippen LogP contribution in [-0.4, -0.2) is 27.3 Å². The lowest BCUT2D eigenvalue weighted by atomic mass is 9.95. The molecule has 0 aliphatic carbocycles. The van der Waals surface area contributed by atoms with Crippen molar-refractivity contribution in [1.82, 2.24) is 20.4 Å². The number of halogens is 1. The Labute approximate surface area is 200 Å². The smallest absolute Gasteiger partial charge is 0.258 e. The van der Waals surface area contributed by atoms with Gasteiger partial charge in [0.1, 0.15) is 5.76 Å². The first-order valence-electron chi connectivity index (χ1n) is 10.6. The summed E-state index contributed by atoms with van der Waals surface area (Å²) in [5.74, 6) is 0.999. The molecule has 0 bridgehead atoms. The molecule has 0 saturated carbocycles. The number of hydrogen-bond acceptors (Lipinski definition) is 6. The fraction of sp³-hybridized carbons (Fsp3) is 0.160. The first-order valence-corrected chi connectivity index (χ1v) is 11.0. The van der Waals surface area contributed by atoms with Crippen LogP contribution in [0.15, 0.2) is 81.6 Å². The summed E-state index contributed by atoms with van der Waals surface area (Å²) in [6.45, 7) is 2.40. The van der Waals surface area contributed by atoms with Gasteiger partial charge >= 0.3 is 0 Å². The Morgan fingerprint density at radius 2 is 1.97 bits per heavy atom. The predicted octanol–water partition coefficient (Wildman–Crippen LogP) is 5.34. The van der Waals surface area contributed by atoms with Gasteiger partial charge in [0.15, 0.2) is 16.7 Å². The van der Waals surface area contributed by atoms with Crippen molar-refractivity contribution in [3.05, 3.63) is 95.7 Å². The van der Waals surface area contributed by atoms with Crippen molar-refractivity contribution in [3.8, 4) is 17.1 Å². The van der Waals surface area contributed by atoms with E-state index in [0.717, 1.165) is 22.6 Å². The number of nitrogens with one attached hydrogen (secondary N) is 1. The molecule has 1 unspecified atom stereocenters. The third-order valence-electron chi connectivity index (χ3n) is 5.69. The summed E-state index contributed by atoms with van der Waals surface area (Å²) < 4.78 is 30.5. The number of aromatic nitrogens is 2. The van der Waals surface area contributed by atoms with Crippen LogP contribution in [0.3, 0.4) is 0 Å². The van der Waals surface area contributed by atoms with Gasteiger partial charge < -0.3 is 23.9 Å². The predicted molar refractivity (Wildman–Crippen MR) is 128 cm³/mol. The Bertz CT molecular complexity index is 1350. The van der Waals surface area contributed by atoms with E-state index in [1.807, 2.05) is 54.3 Å². The molecule has 0 radical (unpaired) electrons. The van der Waals surface area contributed by atoms with Gasteiger partial charge in [0, 0.05) is 11.3 Å². The topological polar surface area (TPSA) is 76.6 Å². The molecule has 0 saturated heterocycles. The van der Waals surface area contributed by atoms with Gasteiger partial charge in [0.25, 0.3) is 5.89 Å². The van der Waals surface area contributed by atoms with Crippen molar-refractivity contribution in [1.29, 1.82) is 0 Å². The van der Waals surface area contributed by atoms with Crippen LogP contribution in [0.1, 0.15) is 30.2 Å². The molecule has 7 nitrogen and oxygen atoms in total. The van der Waals surface area contributed by atoms with Gasteiger partial charge in [-0.3, -0.25) is 0 Å². The van der Waals surface area contributed by atoms with Crippen molar-refractivity contribution in [2.24, 2.45) is 0 Å². The van der Waals surface area contributed by atoms with Crippen LogP contribution in [-0.2, 0) is 6.54 Å². The zero-order valence-corrected chi connectivity index (χ0v) is 19.3. The second-order valence-corrected chi connectivity index (χ2v) is 8.12. The highest BCUT2D eigenvalue weighted by Gasteiger charge is 2.34. The van der Waals surface area contributed by atoms with Gasteiger partial charge in [0.2, 0.25) is 5.82 Å². The molecular formula is C25H21FN4O3S. The summed E-state index contributed by atoms with van der Waals surface area (Å²) >= 11 is 5.70. The minimum Gasteiger partial charge on any atom is -0.494 e. The van der Waals surface area contributed by atoms with E-state index in [9.17, 15) is 4.39 Å². The molecule has 1 atom stereocenters. The van der Waals surface area contributed by atoms with Crippen LogP contribution in [0.2, 0.25) is 0 Å². The van der Waals surface area contributed by atoms with E-state index >= 15 is 0 Å². The zero-order chi connectivity index (χ0) is 23.7. The summed E-state index contributed by atoms with van der Waals surface area (Å²) in [5.41, 5.74) is 3.10. The molecule has 4 aromatic rings. The summed E-state index contributed by atoms with van der Waals surface area (Å²) in [5, 5.41) is 8.07. The highest BCUT2D eigenvalue weighted by atomic mass is 32.1. The fourth-order valence-corrected chi connectivity index (χ4v) is 4.28. The Balaban J connectivity index is 1.58. The summed E-state index contributed by atoms with van der Waals surface area (Å²) in [4.78, 5) is 6.54. The number of thiocarbonyl (C=S) groups is 1. The lowest BCUT2D eigenvalue weighted by molar-refractivity contribution is 0.382. The van der Waals surface area contributed by atoms with Gasteiger partial charge in [-0.15, -0.1) is 0 Å². The fourth-order valence-electron chi connectivity index (χ4n) is 3.96. The third kappa shape index (κ3) is 4.06. The molecule has 0 amide bonds. The normalized spacial score (nSPS) is 16.0. The second kappa shape index (κ2) is 9.11. The Morgan fingerprint density at radius 3 is 2.68 bits per heavy atom. The van der Waals surface area contributed by atoms with E-state index in [1.165, 1.54) is 19.2 Å². The third-order valence-corrected chi connectivity index (χ3v) is 6.03. The maximum Gasteiger partial charge on any atom is 0.258 e. The summed E-state index contributed by atoms with van der Waals surface area (Å²) in [6.07, 6.45) is 1.63. The molecule has 1 aliphatic rings. The van der Waals surface area contributed by atoms with Crippen LogP contribution >= 0.6 is 12.2 Å². The van der Waals surface area contributed by atoms with Crippen LogP contribution in [0, 0.1) is 5.82 Å². The minimum absolute atomic E-state index is 0.147. The number of furan rings is 1. The van der Waals surface area contributed by atoms with E-state index in [4.69, 9.17) is 25.9 Å². The van der Waals surface area contributed by atoms with Crippen molar-refractivity contribution >= 4 is 22.9 Å². The van der Waals surface area contributed by atoms with Crippen molar-refractivity contribution in [2.45, 2.75) is 19.5 Å². The van der Waals surface area contributed by atoms with Gasteiger partial charge in [-0.25, -0.2) is 4.39 Å². The molecule has 34 heavy (non-hydrogen) atoms. The lowest BCUT2D eigenvalue weighted by Crippen LogP contribution is -2.45. The van der Waals surface area contributed by atoms with E-state index in [0.29, 0.717) is 23.1 Å². The maximum absolute atomic E-state index is 14.3. The number of allylic oxidation sites excluding steroid dienone is 1. The average molecular weight is 477 g/mol. The zero-order valence-electron chi connectivity index (χ0n) is 18.5. The monoisotopic (exact) mass is 476 g/mol. The van der Waals surface area contributed by atoms with E-state index in [1.54, 1.807) is 12.3 Å². The van der Waals surface area contributed by atoms with Gasteiger partial charge in [-0.05, 0) is 55.0 Å². The number of ether oxygens (including phenoxy) is 1. The molecule has 172 valence electrons. The molecule has 1 aliphatic heterocycles. The van der Waals surface area contributed by atoms with Crippen LogP contribution in [0.4, 0.5) is 4.39 Å². The number of nitrogens with zero attached hydrogens (tertiary/aromatic N) is 3. The van der Waals surface area contributed by atoms with E-state index in [2.05, 4.69) is 15.5 Å². The number of methoxy groups -OCH3 is 1. The first kappa shape index (κ1) is 21.8. The highest BCUT2D eigenvalue weighted by molar-refractivity contribution is 7.80. The van der Waals surface area contributed by atoms with Crippen LogP contribution < -0.4 is 10.1 Å².